The van der Waals surface area contributed by atoms with Gasteiger partial charge in [-0.25, -0.2) is 5.01 Å². The molecule has 0 unspecified atom stereocenters. The zero-order valence-corrected chi connectivity index (χ0v) is 16.5. The highest BCUT2D eigenvalue weighted by atomic mass is 32.2. The summed E-state index contributed by atoms with van der Waals surface area (Å²) in [5.74, 6) is -0.676. The molecule has 1 N–H and O–H groups in total. The van der Waals surface area contributed by atoms with E-state index in [2.05, 4.69) is 4.99 Å². The average molecular weight is 409 g/mol. The number of aliphatic carboxylic acids is 1. The fourth-order valence-corrected chi connectivity index (χ4v) is 4.40. The maximum Gasteiger partial charge on any atom is 0.305 e. The number of carbonyl (C=O) groups excluding carboxylic acids is 1. The molecular formula is C21H19N3O4S. The number of methoxy groups -OCH3 is 1. The van der Waals surface area contributed by atoms with Crippen molar-refractivity contribution < 1.29 is 19.4 Å². The maximum absolute atomic E-state index is 12.2. The molecule has 2 aromatic carbocycles. The summed E-state index contributed by atoms with van der Waals surface area (Å²) in [7, 11) is 1.62. The van der Waals surface area contributed by atoms with Crippen LogP contribution in [-0.4, -0.2) is 45.2 Å². The van der Waals surface area contributed by atoms with E-state index in [9.17, 15) is 9.59 Å². The summed E-state index contributed by atoms with van der Waals surface area (Å²) >= 11 is 1.16. The Kier molecular flexibility index (Phi) is 5.35. The van der Waals surface area contributed by atoms with E-state index in [1.165, 1.54) is 0 Å². The lowest BCUT2D eigenvalue weighted by atomic mass is 9.98. The number of thioether (sulfide) groups is 1. The first-order chi connectivity index (χ1) is 14.0. The molecule has 0 aromatic heterocycles. The summed E-state index contributed by atoms with van der Waals surface area (Å²) in [6.45, 7) is 0. The van der Waals surface area contributed by atoms with Crippen molar-refractivity contribution in [1.29, 1.82) is 0 Å². The van der Waals surface area contributed by atoms with E-state index < -0.39 is 17.1 Å². The molecule has 29 heavy (non-hydrogen) atoms. The minimum atomic E-state index is -1.02. The van der Waals surface area contributed by atoms with Crippen LogP contribution in [0.5, 0.6) is 5.75 Å². The minimum absolute atomic E-state index is 0.115. The third-order valence-corrected chi connectivity index (χ3v) is 5.94. The van der Waals surface area contributed by atoms with Gasteiger partial charge in [0.25, 0.3) is 5.91 Å². The Hall–Kier alpha value is -3.13. The smallest absolute Gasteiger partial charge is 0.305 e. The highest BCUT2D eigenvalue weighted by Crippen LogP contribution is 2.38. The number of hydrogen-bond acceptors (Lipinski definition) is 6. The second-order valence-electron chi connectivity index (χ2n) is 6.69. The number of carboxylic acids is 1. The number of hydrazone groups is 1. The van der Waals surface area contributed by atoms with E-state index in [1.807, 2.05) is 54.6 Å². The fourth-order valence-electron chi connectivity index (χ4n) is 3.34. The van der Waals surface area contributed by atoms with Crippen LogP contribution in [-0.2, 0) is 9.59 Å². The van der Waals surface area contributed by atoms with Crippen LogP contribution < -0.4 is 4.74 Å². The molecule has 148 valence electrons. The number of nitrogens with zero attached hydrogens (tertiary/aromatic N) is 3. The van der Waals surface area contributed by atoms with E-state index in [1.54, 1.807) is 12.1 Å². The fraction of sp³-hybridized carbons (Fsp3) is 0.238. The number of aliphatic imine (C=N–C) groups is 1. The van der Waals surface area contributed by atoms with Gasteiger partial charge in [-0.2, -0.15) is 10.1 Å². The number of benzene rings is 2. The summed E-state index contributed by atoms with van der Waals surface area (Å²) in [5, 5.41) is 15.3. The lowest BCUT2D eigenvalue weighted by Crippen LogP contribution is -2.24. The number of carbonyl (C=O) groups is 2. The number of rotatable bonds is 5. The molecule has 7 nitrogen and oxygen atoms in total. The van der Waals surface area contributed by atoms with Gasteiger partial charge in [0.15, 0.2) is 5.17 Å². The average Bonchev–Trinajstić information content (AvgIpc) is 3.32. The molecule has 4 rings (SSSR count). The maximum atomic E-state index is 12.2. The lowest BCUT2D eigenvalue weighted by molar-refractivity contribution is -0.138. The van der Waals surface area contributed by atoms with Crippen LogP contribution in [0.15, 0.2) is 64.7 Å². The predicted molar refractivity (Wildman–Crippen MR) is 111 cm³/mol. The van der Waals surface area contributed by atoms with Gasteiger partial charge in [-0.1, -0.05) is 42.1 Å². The van der Waals surface area contributed by atoms with Gasteiger partial charge in [0, 0.05) is 6.42 Å². The predicted octanol–water partition coefficient (Wildman–Crippen LogP) is 3.32. The molecule has 8 heteroatoms. The molecule has 2 heterocycles. The highest BCUT2D eigenvalue weighted by Gasteiger charge is 2.39. The van der Waals surface area contributed by atoms with Crippen molar-refractivity contribution in [2.75, 3.05) is 7.11 Å². The van der Waals surface area contributed by atoms with Crippen LogP contribution in [0.2, 0.25) is 0 Å². The molecule has 0 spiro atoms. The first-order valence-electron chi connectivity index (χ1n) is 9.12. The number of carboxylic acid groups (broad SMARTS) is 1. The zero-order valence-electron chi connectivity index (χ0n) is 15.7. The van der Waals surface area contributed by atoms with Gasteiger partial charge in [0.2, 0.25) is 0 Å². The normalized spacial score (nSPS) is 21.1. The van der Waals surface area contributed by atoms with Crippen LogP contribution in [0.3, 0.4) is 0 Å². The Labute approximate surface area is 172 Å². The van der Waals surface area contributed by atoms with Crippen molar-refractivity contribution in [2.45, 2.75) is 24.1 Å². The molecular weight excluding hydrogens is 390 g/mol. The molecule has 2 aliphatic rings. The first-order valence-corrected chi connectivity index (χ1v) is 10.00. The Balaban J connectivity index is 1.65. The summed E-state index contributed by atoms with van der Waals surface area (Å²) in [4.78, 5) is 27.3. The van der Waals surface area contributed by atoms with Crippen molar-refractivity contribution in [2.24, 2.45) is 10.1 Å². The Bertz CT molecular complexity index is 989. The number of amides is 1. The van der Waals surface area contributed by atoms with Crippen molar-refractivity contribution in [3.63, 3.8) is 0 Å². The van der Waals surface area contributed by atoms with Crippen molar-refractivity contribution in [3.05, 3.63) is 65.7 Å². The molecule has 0 radical (unpaired) electrons. The van der Waals surface area contributed by atoms with Crippen LogP contribution >= 0.6 is 11.8 Å². The van der Waals surface area contributed by atoms with E-state index in [0.29, 0.717) is 11.6 Å². The quantitative estimate of drug-likeness (QED) is 0.815. The SMILES string of the molecule is COc1ccc(C2=NN(C3=NC(=O)[C@H](CC(=O)O)S3)[C@H](c3ccccc3)C2)cc1. The molecule has 2 aliphatic heterocycles. The van der Waals surface area contributed by atoms with Crippen molar-refractivity contribution >= 4 is 34.5 Å². The second-order valence-corrected chi connectivity index (χ2v) is 7.86. The van der Waals surface area contributed by atoms with Gasteiger partial charge in [0.1, 0.15) is 11.0 Å². The second kappa shape index (κ2) is 8.08. The number of ether oxygens (including phenoxy) is 1. The van der Waals surface area contributed by atoms with Crippen LogP contribution in [0.4, 0.5) is 0 Å². The third kappa shape index (κ3) is 4.02. The molecule has 0 saturated heterocycles. The lowest BCUT2D eigenvalue weighted by Gasteiger charge is -2.23. The largest absolute Gasteiger partial charge is 0.497 e. The van der Waals surface area contributed by atoms with E-state index >= 15 is 0 Å². The Morgan fingerprint density at radius 1 is 1.21 bits per heavy atom. The van der Waals surface area contributed by atoms with Crippen LogP contribution in [0.1, 0.15) is 30.0 Å². The molecule has 2 atom stereocenters. The van der Waals surface area contributed by atoms with E-state index in [0.717, 1.165) is 34.3 Å². The summed E-state index contributed by atoms with van der Waals surface area (Å²) < 4.78 is 5.22. The summed E-state index contributed by atoms with van der Waals surface area (Å²) in [5.41, 5.74) is 2.89. The standard InChI is InChI=1S/C21H19N3O4S/c1-28-15-9-7-13(8-10-15)16-11-17(14-5-3-2-4-6-14)24(23-16)21-22-20(27)18(29-21)12-19(25)26/h2-10,17-18H,11-12H2,1H3,(H,25,26)/t17-,18-/m0/s1. The van der Waals surface area contributed by atoms with Gasteiger partial charge in [0.05, 0.1) is 25.3 Å². The minimum Gasteiger partial charge on any atom is -0.497 e. The van der Waals surface area contributed by atoms with Gasteiger partial charge < -0.3 is 9.84 Å². The third-order valence-electron chi connectivity index (χ3n) is 4.80. The van der Waals surface area contributed by atoms with Gasteiger partial charge >= 0.3 is 5.97 Å². The monoisotopic (exact) mass is 409 g/mol. The molecule has 0 saturated carbocycles. The number of hydrogen-bond donors (Lipinski definition) is 1. The highest BCUT2D eigenvalue weighted by molar-refractivity contribution is 8.15. The van der Waals surface area contributed by atoms with E-state index in [-0.39, 0.29) is 12.5 Å². The Morgan fingerprint density at radius 3 is 2.59 bits per heavy atom. The molecule has 0 aliphatic carbocycles. The Morgan fingerprint density at radius 2 is 1.93 bits per heavy atom. The molecule has 0 fully saturated rings. The first kappa shape index (κ1) is 19.2. The zero-order chi connectivity index (χ0) is 20.4. The molecule has 2 aromatic rings. The molecule has 0 bridgehead atoms. The van der Waals surface area contributed by atoms with Crippen molar-refractivity contribution in [1.82, 2.24) is 5.01 Å². The van der Waals surface area contributed by atoms with Gasteiger partial charge in [-0.3, -0.25) is 9.59 Å². The van der Waals surface area contributed by atoms with Gasteiger partial charge in [-0.05, 0) is 35.4 Å². The number of amidine groups is 1. The van der Waals surface area contributed by atoms with E-state index in [4.69, 9.17) is 14.9 Å². The molecule has 1 amide bonds. The summed E-state index contributed by atoms with van der Waals surface area (Å²) in [6.07, 6.45) is 0.392. The van der Waals surface area contributed by atoms with Crippen LogP contribution in [0.25, 0.3) is 0 Å². The summed E-state index contributed by atoms with van der Waals surface area (Å²) in [6, 6.07) is 17.4. The van der Waals surface area contributed by atoms with Gasteiger partial charge in [-0.15, -0.1) is 0 Å². The van der Waals surface area contributed by atoms with Crippen molar-refractivity contribution in [3.8, 4) is 5.75 Å². The topological polar surface area (TPSA) is 91.6 Å². The van der Waals surface area contributed by atoms with Crippen LogP contribution in [0, 0.1) is 0 Å².